The molecule has 21 nitrogen and oxygen atoms in total. The van der Waals surface area contributed by atoms with Crippen LogP contribution in [0.4, 0.5) is 0 Å². The number of nitrogens with one attached hydrogen (secondary N) is 1. The number of aliphatic hydroxyl groups excluding tert-OH is 6. The minimum Gasteiger partial charge on any atom is -0.507 e. The number of phenolic OH excluding ortho intramolecular Hbond substituents is 3. The molecule has 13 N–H and O–H groups in total. The number of aromatic amines is 1. The van der Waals surface area contributed by atoms with Crippen molar-refractivity contribution in [2.75, 3.05) is 6.61 Å². The molecule has 3 aliphatic heterocycles. The molecule has 9 atom stereocenters. The normalized spacial score (nSPS) is 29.8. The van der Waals surface area contributed by atoms with Crippen molar-refractivity contribution in [1.82, 2.24) is 4.98 Å². The van der Waals surface area contributed by atoms with Crippen molar-refractivity contribution in [3.8, 4) is 46.2 Å². The minimum absolute atomic E-state index is 0.0681. The number of carbonyl (C=O) groups excluding carboxylic acids is 1. The van der Waals surface area contributed by atoms with Crippen LogP contribution in [0.3, 0.4) is 0 Å². The van der Waals surface area contributed by atoms with Crippen LogP contribution >= 0.6 is 0 Å². The van der Waals surface area contributed by atoms with E-state index in [2.05, 4.69) is 10.9 Å². The molecule has 60 heavy (non-hydrogen) atoms. The Balaban J connectivity index is 1.35. The topological polar surface area (TPSA) is 360 Å². The molecule has 3 aliphatic rings. The van der Waals surface area contributed by atoms with Gasteiger partial charge in [-0.15, -0.1) is 0 Å². The first kappa shape index (κ1) is 42.4. The Morgan fingerprint density at radius 2 is 1.68 bits per heavy atom. The van der Waals surface area contributed by atoms with Gasteiger partial charge in [-0.1, -0.05) is 12.8 Å². The summed E-state index contributed by atoms with van der Waals surface area (Å²) in [5, 5.41) is 127. The van der Waals surface area contributed by atoms with E-state index in [9.17, 15) is 75.7 Å². The van der Waals surface area contributed by atoms with Gasteiger partial charge < -0.3 is 89.6 Å². The number of aromatic nitrogens is 1. The number of H-pyrrole nitrogens is 1. The fraction of sp³-hybridized carbons (Fsp3) is 0.410. The van der Waals surface area contributed by atoms with E-state index in [1.54, 1.807) is 12.3 Å². The Kier molecular flexibility index (Phi) is 10.8. The van der Waals surface area contributed by atoms with E-state index in [-0.39, 0.29) is 46.3 Å². The average Bonchev–Trinajstić information content (AvgIpc) is 3.68. The van der Waals surface area contributed by atoms with Gasteiger partial charge in [0.25, 0.3) is 5.60 Å². The number of hydrogen-bond donors (Lipinski definition) is 13. The number of carboxylic acid groups (broad SMARTS) is 1. The maximum Gasteiger partial charge on any atom is 0.354 e. The highest BCUT2D eigenvalue weighted by Crippen LogP contribution is 2.44. The number of esters is 1. The summed E-state index contributed by atoms with van der Waals surface area (Å²) in [6, 6.07) is 6.28. The fourth-order valence-electron chi connectivity index (χ4n) is 7.36. The highest BCUT2D eigenvalue weighted by molar-refractivity contribution is 5.89. The van der Waals surface area contributed by atoms with Crippen LogP contribution in [0.25, 0.3) is 22.3 Å². The number of aliphatic carboxylic acids is 1. The van der Waals surface area contributed by atoms with Crippen molar-refractivity contribution in [2.45, 2.75) is 92.7 Å². The Labute approximate surface area is 336 Å². The number of carbonyl (C=O) groups is 2. The molecule has 4 aromatic rings. The number of aromatic hydroxyl groups is 3. The summed E-state index contributed by atoms with van der Waals surface area (Å²) in [6.45, 7) is 1.47. The first-order valence-corrected chi connectivity index (χ1v) is 18.3. The fourth-order valence-corrected chi connectivity index (χ4v) is 7.36. The van der Waals surface area contributed by atoms with Crippen molar-refractivity contribution >= 4 is 22.9 Å². The number of phenols is 3. The first-order valence-electron chi connectivity index (χ1n) is 18.3. The molecule has 2 aromatic carbocycles. The maximum atomic E-state index is 13.9. The third-order valence-corrected chi connectivity index (χ3v) is 10.8. The predicted octanol–water partition coefficient (Wildman–Crippen LogP) is -2.32. The van der Waals surface area contributed by atoms with Gasteiger partial charge in [0.1, 0.15) is 58.7 Å². The van der Waals surface area contributed by atoms with Gasteiger partial charge in [0.05, 0.1) is 6.42 Å². The number of ether oxygens (including phenoxy) is 4. The quantitative estimate of drug-likeness (QED) is 0.0364. The van der Waals surface area contributed by atoms with Crippen LogP contribution < -0.4 is 10.2 Å². The Bertz CT molecular complexity index is 2480. The molecule has 0 aliphatic carbocycles. The minimum atomic E-state index is -3.82. The molecule has 0 unspecified atom stereocenters. The van der Waals surface area contributed by atoms with E-state index in [1.165, 1.54) is 6.07 Å². The van der Waals surface area contributed by atoms with Crippen LogP contribution in [0.15, 0.2) is 45.7 Å². The van der Waals surface area contributed by atoms with Gasteiger partial charge in [0, 0.05) is 53.7 Å². The summed E-state index contributed by atoms with van der Waals surface area (Å²) in [5.74, 6) is -6.11. The van der Waals surface area contributed by atoms with E-state index in [0.29, 0.717) is 12.0 Å². The number of carboxylic acids is 1. The number of aliphatic hydroxyl groups is 8. The largest absolute Gasteiger partial charge is 0.507 e. The molecule has 0 radical (unpaired) electrons. The summed E-state index contributed by atoms with van der Waals surface area (Å²) in [7, 11) is 0. The lowest BCUT2D eigenvalue weighted by molar-refractivity contribution is -0.393. The molecule has 2 saturated heterocycles. The van der Waals surface area contributed by atoms with E-state index in [0.717, 1.165) is 23.9 Å². The third kappa shape index (κ3) is 6.68. The standard InChI is InChI=1S/C39H39NO20/c1-2-18-8-15(14-40-18)9-19-23(13-24-25(27(19)45)20(42)12-22(56-24)17-10-16(4-7-41)26(44)21(43)11-17)57-33-29(47)28(46)31(49)37(59-33)5-3-6-38(35(51)52)39(54,55)32(50)30(48)34(60-38)58-36(37)53/h8,10-14,28-34,40-41,43-50,54-55H,2,4-5,7,9H2,1H3,(H,51,52)/t28-,29-,30-,31+,32-,33+,34+,37+,38-/m1/s1. The molecule has 0 amide bonds. The third-order valence-electron chi connectivity index (χ3n) is 10.8. The number of hydrogen-bond acceptors (Lipinski definition) is 19. The molecule has 2 fully saturated rings. The zero-order valence-electron chi connectivity index (χ0n) is 31.2. The van der Waals surface area contributed by atoms with Crippen molar-refractivity contribution in [1.29, 1.82) is 0 Å². The summed E-state index contributed by atoms with van der Waals surface area (Å²) in [5.41, 5.74) is -6.16. The van der Waals surface area contributed by atoms with Crippen molar-refractivity contribution in [2.24, 2.45) is 0 Å². The van der Waals surface area contributed by atoms with Gasteiger partial charge in [-0.3, -0.25) is 4.79 Å². The summed E-state index contributed by atoms with van der Waals surface area (Å²) in [6.07, 6.45) is -16.3. The number of aryl methyl sites for hydroxylation is 1. The average molecular weight is 842 g/mol. The van der Waals surface area contributed by atoms with E-state index in [1.807, 2.05) is 12.8 Å². The molecular formula is C39H39NO20. The molecule has 2 aromatic heterocycles. The molecule has 21 heteroatoms. The zero-order valence-corrected chi connectivity index (χ0v) is 31.2. The van der Waals surface area contributed by atoms with Gasteiger partial charge in [0.2, 0.25) is 24.0 Å². The van der Waals surface area contributed by atoms with Crippen LogP contribution in [-0.4, -0.2) is 145 Å². The van der Waals surface area contributed by atoms with E-state index >= 15 is 0 Å². The lowest BCUT2D eigenvalue weighted by atomic mass is 9.82. The summed E-state index contributed by atoms with van der Waals surface area (Å²) in [4.78, 5) is 43.0. The molecule has 7 rings (SSSR count). The SMILES string of the molecule is CCc1cc(Cc2c(O[C@H]3O[C@@]4(CC#C[C@]5(C(=O)O)O[C@H](OC4=O)[C@H](O)[C@@H](O)C5(O)O)[C@@H](O)[C@H](O)[C@H]3O)cc3oc(-c4cc(O)c(O)c(CCO)c4)cc(=O)c3c2O)c[nH]1. The van der Waals surface area contributed by atoms with Crippen molar-refractivity contribution in [3.63, 3.8) is 0 Å². The Morgan fingerprint density at radius 1 is 0.950 bits per heavy atom. The lowest BCUT2D eigenvalue weighted by Gasteiger charge is -2.48. The lowest BCUT2D eigenvalue weighted by Crippen LogP contribution is -2.75. The van der Waals surface area contributed by atoms with E-state index in [4.69, 9.17) is 23.4 Å². The monoisotopic (exact) mass is 841 g/mol. The molecule has 2 bridgehead atoms. The Hall–Kier alpha value is -5.77. The smallest absolute Gasteiger partial charge is 0.354 e. The highest BCUT2D eigenvalue weighted by atomic mass is 16.8. The number of benzene rings is 2. The maximum absolute atomic E-state index is 13.9. The summed E-state index contributed by atoms with van der Waals surface area (Å²) >= 11 is 0. The summed E-state index contributed by atoms with van der Waals surface area (Å²) < 4.78 is 28.1. The second-order valence-electron chi connectivity index (χ2n) is 14.5. The molecule has 1 spiro atoms. The van der Waals surface area contributed by atoms with Crippen molar-refractivity contribution in [3.05, 3.63) is 69.1 Å². The molecular weight excluding hydrogens is 802 g/mol. The molecule has 0 saturated carbocycles. The molecule has 320 valence electrons. The van der Waals surface area contributed by atoms with Crippen LogP contribution in [0.2, 0.25) is 0 Å². The van der Waals surface area contributed by atoms with Gasteiger partial charge >= 0.3 is 11.9 Å². The van der Waals surface area contributed by atoms with Crippen molar-refractivity contribution < 1.29 is 94.2 Å². The highest BCUT2D eigenvalue weighted by Gasteiger charge is 2.70. The second-order valence-corrected chi connectivity index (χ2v) is 14.5. The zero-order chi connectivity index (χ0) is 43.6. The van der Waals surface area contributed by atoms with Gasteiger partial charge in [-0.25, -0.2) is 9.59 Å². The van der Waals surface area contributed by atoms with Crippen LogP contribution in [-0.2, 0) is 43.1 Å². The predicted molar refractivity (Wildman–Crippen MR) is 196 cm³/mol. The number of rotatable bonds is 9. The molecule has 5 heterocycles. The van der Waals surface area contributed by atoms with Crippen LogP contribution in [0.1, 0.15) is 35.7 Å². The van der Waals surface area contributed by atoms with Gasteiger partial charge in [-0.2, -0.15) is 0 Å². The number of fused-ring (bicyclic) bond motifs is 3. The van der Waals surface area contributed by atoms with Gasteiger partial charge in [-0.05, 0) is 42.5 Å². The van der Waals surface area contributed by atoms with Crippen LogP contribution in [0, 0.1) is 11.8 Å². The second kappa shape index (κ2) is 15.4. The van der Waals surface area contributed by atoms with Gasteiger partial charge in [0.15, 0.2) is 16.9 Å². The van der Waals surface area contributed by atoms with E-state index < -0.39 is 113 Å². The first-order chi connectivity index (χ1) is 28.3. The Morgan fingerprint density at radius 3 is 2.35 bits per heavy atom. The van der Waals surface area contributed by atoms with Crippen LogP contribution in [0.5, 0.6) is 23.0 Å².